The van der Waals surface area contributed by atoms with Gasteiger partial charge in [-0.1, -0.05) is 83.9 Å². The molecule has 0 saturated heterocycles. The highest BCUT2D eigenvalue weighted by Gasteiger charge is 2.39. The van der Waals surface area contributed by atoms with Gasteiger partial charge in [0.25, 0.3) is 0 Å². The maximum Gasteiger partial charge on any atom is -0.0102 e. The van der Waals surface area contributed by atoms with Crippen LogP contribution in [-0.2, 0) is 0 Å². The zero-order valence-electron chi connectivity index (χ0n) is 19.4. The second kappa shape index (κ2) is 7.06. The SMILES string of the molecule is Cc1ccc(-c2ccc3c(c2)c2c(c4cc(-c5ccc(C)cc5)ccc43)C3CCC2C3)cc1. The minimum Gasteiger partial charge on any atom is -0.0587 e. The minimum absolute atomic E-state index is 0.730. The van der Waals surface area contributed by atoms with Crippen LogP contribution in [0.4, 0.5) is 0 Å². The van der Waals surface area contributed by atoms with Gasteiger partial charge in [0.15, 0.2) is 0 Å². The second-order valence-corrected chi connectivity index (χ2v) is 10.3. The molecule has 0 heteroatoms. The lowest BCUT2D eigenvalue weighted by atomic mass is 9.82. The van der Waals surface area contributed by atoms with E-state index in [0.29, 0.717) is 0 Å². The van der Waals surface area contributed by atoms with Crippen LogP contribution in [0.3, 0.4) is 0 Å². The van der Waals surface area contributed by atoms with E-state index in [9.17, 15) is 0 Å². The third-order valence-electron chi connectivity index (χ3n) is 8.22. The number of rotatable bonds is 2. The number of hydrogen-bond acceptors (Lipinski definition) is 0. The summed E-state index contributed by atoms with van der Waals surface area (Å²) in [4.78, 5) is 0. The minimum atomic E-state index is 0.730. The maximum absolute atomic E-state index is 2.48. The van der Waals surface area contributed by atoms with Crippen molar-refractivity contribution >= 4 is 21.5 Å². The Labute approximate surface area is 195 Å². The second-order valence-electron chi connectivity index (χ2n) is 10.3. The smallest absolute Gasteiger partial charge is 0.0102 e. The van der Waals surface area contributed by atoms with E-state index >= 15 is 0 Å². The van der Waals surface area contributed by atoms with E-state index in [2.05, 4.69) is 98.8 Å². The summed E-state index contributed by atoms with van der Waals surface area (Å²) in [6, 6.07) is 32.3. The number of hydrogen-bond donors (Lipinski definition) is 0. The standard InChI is InChI=1S/C33H28/c1-20-3-7-22(8-4-20)24-13-15-28-29-16-14-25(23-9-5-21(2)6-10-23)19-31(29)33-27-12-11-26(17-27)32(33)30(28)18-24/h3-10,13-16,18-19,26-27H,11-12,17H2,1-2H3. The van der Waals surface area contributed by atoms with Gasteiger partial charge in [0.05, 0.1) is 0 Å². The van der Waals surface area contributed by atoms with Crippen molar-refractivity contribution in [1.82, 2.24) is 0 Å². The molecule has 1 saturated carbocycles. The first kappa shape index (κ1) is 19.1. The van der Waals surface area contributed by atoms with E-state index < -0.39 is 0 Å². The summed E-state index contributed by atoms with van der Waals surface area (Å²) in [6.45, 7) is 4.32. The fourth-order valence-electron chi connectivity index (χ4n) is 6.53. The zero-order valence-corrected chi connectivity index (χ0v) is 19.4. The number of fused-ring (bicyclic) bond motifs is 10. The summed E-state index contributed by atoms with van der Waals surface area (Å²) >= 11 is 0. The van der Waals surface area contributed by atoms with Crippen molar-refractivity contribution in [3.05, 3.63) is 107 Å². The van der Waals surface area contributed by atoms with E-state index in [0.717, 1.165) is 11.8 Å². The van der Waals surface area contributed by atoms with Crippen molar-refractivity contribution in [3.63, 3.8) is 0 Å². The fraction of sp³-hybridized carbons (Fsp3) is 0.212. The third kappa shape index (κ3) is 2.90. The van der Waals surface area contributed by atoms with Gasteiger partial charge in [-0.3, -0.25) is 0 Å². The van der Waals surface area contributed by atoms with Crippen LogP contribution < -0.4 is 0 Å². The third-order valence-corrected chi connectivity index (χ3v) is 8.22. The molecular weight excluding hydrogens is 396 g/mol. The van der Waals surface area contributed by atoms with Gasteiger partial charge in [0.1, 0.15) is 0 Å². The monoisotopic (exact) mass is 424 g/mol. The molecule has 2 atom stereocenters. The van der Waals surface area contributed by atoms with Crippen LogP contribution in [0.25, 0.3) is 43.8 Å². The van der Waals surface area contributed by atoms with Crippen molar-refractivity contribution in [1.29, 1.82) is 0 Å². The Balaban J connectivity index is 1.50. The van der Waals surface area contributed by atoms with Crippen LogP contribution >= 0.6 is 0 Å². The van der Waals surface area contributed by atoms with Gasteiger partial charge in [-0.25, -0.2) is 0 Å². The number of benzene rings is 5. The molecule has 0 amide bonds. The van der Waals surface area contributed by atoms with Gasteiger partial charge < -0.3 is 0 Å². The highest BCUT2D eigenvalue weighted by Crippen LogP contribution is 2.58. The molecule has 160 valence electrons. The number of aryl methyl sites for hydroxylation is 2. The van der Waals surface area contributed by atoms with E-state index in [-0.39, 0.29) is 0 Å². The first-order chi connectivity index (χ1) is 16.2. The quantitative estimate of drug-likeness (QED) is 0.248. The van der Waals surface area contributed by atoms with Gasteiger partial charge >= 0.3 is 0 Å². The van der Waals surface area contributed by atoms with Gasteiger partial charge in [0.2, 0.25) is 0 Å². The summed E-state index contributed by atoms with van der Waals surface area (Å²) in [5, 5.41) is 5.82. The molecule has 0 radical (unpaired) electrons. The van der Waals surface area contributed by atoms with E-state index in [1.807, 2.05) is 0 Å². The molecule has 2 bridgehead atoms. The molecule has 2 aliphatic rings. The molecule has 0 spiro atoms. The Kier molecular flexibility index (Phi) is 4.09. The van der Waals surface area contributed by atoms with E-state index in [4.69, 9.17) is 0 Å². The van der Waals surface area contributed by atoms with Crippen LogP contribution in [0.1, 0.15) is 53.4 Å². The summed E-state index contributed by atoms with van der Waals surface area (Å²) in [7, 11) is 0. The highest BCUT2D eigenvalue weighted by atomic mass is 14.4. The van der Waals surface area contributed by atoms with Crippen molar-refractivity contribution in [2.45, 2.75) is 44.9 Å². The largest absolute Gasteiger partial charge is 0.0587 e. The van der Waals surface area contributed by atoms with Gasteiger partial charge in [-0.2, -0.15) is 0 Å². The lowest BCUT2D eigenvalue weighted by molar-refractivity contribution is 0.726. The molecule has 5 aromatic carbocycles. The van der Waals surface area contributed by atoms with Gasteiger partial charge in [-0.05, 0) is 112 Å². The maximum atomic E-state index is 2.48. The molecule has 33 heavy (non-hydrogen) atoms. The fourth-order valence-corrected chi connectivity index (χ4v) is 6.53. The Morgan fingerprint density at radius 1 is 0.455 bits per heavy atom. The lowest BCUT2D eigenvalue weighted by Gasteiger charge is -2.22. The van der Waals surface area contributed by atoms with Crippen molar-refractivity contribution in [3.8, 4) is 22.3 Å². The van der Waals surface area contributed by atoms with Gasteiger partial charge in [0, 0.05) is 0 Å². The van der Waals surface area contributed by atoms with Crippen molar-refractivity contribution < 1.29 is 0 Å². The van der Waals surface area contributed by atoms with Crippen LogP contribution in [0.2, 0.25) is 0 Å². The topological polar surface area (TPSA) is 0 Å². The summed E-state index contributed by atoms with van der Waals surface area (Å²) < 4.78 is 0. The first-order valence-electron chi connectivity index (χ1n) is 12.3. The summed E-state index contributed by atoms with van der Waals surface area (Å²) in [5.74, 6) is 1.46. The summed E-state index contributed by atoms with van der Waals surface area (Å²) in [5.41, 5.74) is 11.2. The predicted molar refractivity (Wildman–Crippen MR) is 141 cm³/mol. The average Bonchev–Trinajstić information content (AvgIpc) is 3.47. The molecule has 7 rings (SSSR count). The van der Waals surface area contributed by atoms with Crippen LogP contribution in [0.15, 0.2) is 84.9 Å². The lowest BCUT2D eigenvalue weighted by Crippen LogP contribution is -2.01. The molecule has 5 aromatic rings. The highest BCUT2D eigenvalue weighted by molar-refractivity contribution is 6.13. The Bertz CT molecular complexity index is 1420. The average molecular weight is 425 g/mol. The van der Waals surface area contributed by atoms with Crippen LogP contribution in [-0.4, -0.2) is 0 Å². The van der Waals surface area contributed by atoms with E-state index in [1.165, 1.54) is 74.2 Å². The van der Waals surface area contributed by atoms with Crippen molar-refractivity contribution in [2.24, 2.45) is 0 Å². The Hall–Kier alpha value is -3.38. The zero-order chi connectivity index (χ0) is 22.1. The molecule has 2 unspecified atom stereocenters. The Morgan fingerprint density at radius 2 is 0.848 bits per heavy atom. The normalized spacial score (nSPS) is 18.8. The molecule has 0 nitrogen and oxygen atoms in total. The molecule has 0 aromatic heterocycles. The molecule has 2 aliphatic carbocycles. The summed E-state index contributed by atoms with van der Waals surface area (Å²) in [6.07, 6.45) is 4.04. The van der Waals surface area contributed by atoms with Crippen molar-refractivity contribution in [2.75, 3.05) is 0 Å². The van der Waals surface area contributed by atoms with E-state index in [1.54, 1.807) is 11.1 Å². The Morgan fingerprint density at radius 3 is 1.27 bits per heavy atom. The predicted octanol–water partition coefficient (Wildman–Crippen LogP) is 9.31. The molecule has 0 heterocycles. The molecule has 1 fully saturated rings. The van der Waals surface area contributed by atoms with Gasteiger partial charge in [-0.15, -0.1) is 0 Å². The molecular formula is C33H28. The van der Waals surface area contributed by atoms with Crippen LogP contribution in [0.5, 0.6) is 0 Å². The van der Waals surface area contributed by atoms with Crippen LogP contribution in [0, 0.1) is 13.8 Å². The first-order valence-corrected chi connectivity index (χ1v) is 12.3. The molecule has 0 N–H and O–H groups in total. The molecule has 0 aliphatic heterocycles.